The van der Waals surface area contributed by atoms with Gasteiger partial charge < -0.3 is 13.9 Å². The Kier molecular flexibility index (Phi) is 12.1. The van der Waals surface area contributed by atoms with Crippen molar-refractivity contribution < 1.29 is 13.9 Å². The number of hydrogen-bond donors (Lipinski definition) is 0. The molecule has 0 unspecified atom stereocenters. The van der Waals surface area contributed by atoms with E-state index in [2.05, 4.69) is 33.9 Å². The molecule has 0 heterocycles. The highest BCUT2D eigenvalue weighted by Crippen LogP contribution is 2.36. The van der Waals surface area contributed by atoms with Gasteiger partial charge in [0.1, 0.15) is 0 Å². The zero-order chi connectivity index (χ0) is 16.2. The Morgan fingerprint density at radius 2 is 1.29 bits per heavy atom. The summed E-state index contributed by atoms with van der Waals surface area (Å²) in [6.07, 6.45) is 4.63. The van der Waals surface area contributed by atoms with Crippen LogP contribution < -0.4 is 0 Å². The first-order chi connectivity index (χ1) is 9.81. The molecule has 0 rings (SSSR count). The Hall–Kier alpha value is 0.387. The van der Waals surface area contributed by atoms with Gasteiger partial charge in [-0.15, -0.1) is 11.6 Å². The van der Waals surface area contributed by atoms with Gasteiger partial charge >= 0.3 is 0 Å². The third-order valence-corrected chi connectivity index (χ3v) is 8.85. The molecule has 0 saturated heterocycles. The molecule has 3 nitrogen and oxygen atoms in total. The third kappa shape index (κ3) is 11.6. The van der Waals surface area contributed by atoms with E-state index in [4.69, 9.17) is 25.5 Å². The number of ether oxygens (including phenoxy) is 2. The van der Waals surface area contributed by atoms with Crippen LogP contribution >= 0.6 is 11.6 Å². The van der Waals surface area contributed by atoms with Gasteiger partial charge in [0.2, 0.25) is 0 Å². The van der Waals surface area contributed by atoms with E-state index < -0.39 is 8.32 Å². The lowest BCUT2D eigenvalue weighted by molar-refractivity contribution is 0.0336. The fraction of sp³-hybridized carbons (Fsp3) is 1.00. The van der Waals surface area contributed by atoms with Crippen LogP contribution in [0.25, 0.3) is 0 Å². The zero-order valence-corrected chi connectivity index (χ0v) is 16.4. The lowest BCUT2D eigenvalue weighted by atomic mass is 10.2. The van der Waals surface area contributed by atoms with Gasteiger partial charge in [-0.05, 0) is 31.0 Å². The van der Waals surface area contributed by atoms with Gasteiger partial charge in [-0.25, -0.2) is 0 Å². The smallest absolute Gasteiger partial charge is 0.192 e. The van der Waals surface area contributed by atoms with Crippen molar-refractivity contribution in [1.29, 1.82) is 0 Å². The highest BCUT2D eigenvalue weighted by molar-refractivity contribution is 6.74. The van der Waals surface area contributed by atoms with E-state index in [0.29, 0.717) is 26.4 Å². The van der Waals surface area contributed by atoms with E-state index in [1.165, 1.54) is 12.8 Å². The maximum Gasteiger partial charge on any atom is 0.192 e. The quantitative estimate of drug-likeness (QED) is 0.273. The second-order valence-electron chi connectivity index (χ2n) is 6.94. The number of rotatable bonds is 13. The summed E-state index contributed by atoms with van der Waals surface area (Å²) in [5.74, 6) is 0.769. The molecular formula is C16H35ClO3Si. The predicted molar refractivity (Wildman–Crippen MR) is 94.0 cm³/mol. The number of halogens is 1. The maximum absolute atomic E-state index is 6.04. The van der Waals surface area contributed by atoms with Crippen molar-refractivity contribution in [2.24, 2.45) is 0 Å². The van der Waals surface area contributed by atoms with Crippen molar-refractivity contribution in [1.82, 2.24) is 0 Å². The summed E-state index contributed by atoms with van der Waals surface area (Å²) in [4.78, 5) is 0. The summed E-state index contributed by atoms with van der Waals surface area (Å²) < 4.78 is 17.1. The largest absolute Gasteiger partial charge is 0.414 e. The first-order valence-corrected chi connectivity index (χ1v) is 11.6. The maximum atomic E-state index is 6.04. The van der Waals surface area contributed by atoms with Crippen molar-refractivity contribution >= 4 is 19.9 Å². The molecule has 5 heteroatoms. The van der Waals surface area contributed by atoms with E-state index in [1.54, 1.807) is 0 Å². The summed E-state index contributed by atoms with van der Waals surface area (Å²) in [6.45, 7) is 14.8. The molecule has 0 amide bonds. The molecule has 0 bridgehead atoms. The average Bonchev–Trinajstić information content (AvgIpc) is 2.38. The first-order valence-electron chi connectivity index (χ1n) is 8.16. The summed E-state index contributed by atoms with van der Waals surface area (Å²) in [7, 11) is -1.62. The molecular weight excluding hydrogens is 304 g/mol. The van der Waals surface area contributed by atoms with E-state index in [1.807, 2.05) is 0 Å². The van der Waals surface area contributed by atoms with E-state index in [-0.39, 0.29) is 5.04 Å². The summed E-state index contributed by atoms with van der Waals surface area (Å²) >= 11 is 5.62. The van der Waals surface area contributed by atoms with Crippen LogP contribution in [0.3, 0.4) is 0 Å². The van der Waals surface area contributed by atoms with Crippen LogP contribution in [0, 0.1) is 0 Å². The lowest BCUT2D eigenvalue weighted by Gasteiger charge is -2.36. The van der Waals surface area contributed by atoms with Crippen LogP contribution in [0.5, 0.6) is 0 Å². The van der Waals surface area contributed by atoms with Crippen LogP contribution in [0.4, 0.5) is 0 Å². The Balaban J connectivity index is 3.30. The molecule has 0 atom stereocenters. The van der Waals surface area contributed by atoms with Crippen LogP contribution in [0.2, 0.25) is 18.1 Å². The topological polar surface area (TPSA) is 27.7 Å². The third-order valence-electron chi connectivity index (χ3n) is 4.04. The van der Waals surface area contributed by atoms with Gasteiger partial charge in [0, 0.05) is 12.5 Å². The molecule has 0 fully saturated rings. The molecule has 21 heavy (non-hydrogen) atoms. The first kappa shape index (κ1) is 21.4. The van der Waals surface area contributed by atoms with Crippen LogP contribution in [0.1, 0.15) is 46.5 Å². The van der Waals surface area contributed by atoms with E-state index >= 15 is 0 Å². The van der Waals surface area contributed by atoms with Crippen LogP contribution in [-0.4, -0.2) is 47.2 Å². The number of alkyl halides is 1. The molecule has 0 spiro atoms. The highest BCUT2D eigenvalue weighted by atomic mass is 35.5. The summed E-state index contributed by atoms with van der Waals surface area (Å²) in [6, 6.07) is 0. The predicted octanol–water partition coefficient (Wildman–Crippen LogP) is 4.84. The molecule has 0 aromatic carbocycles. The molecule has 0 aliphatic carbocycles. The van der Waals surface area contributed by atoms with Gasteiger partial charge in [0.15, 0.2) is 8.32 Å². The van der Waals surface area contributed by atoms with E-state index in [0.717, 1.165) is 25.3 Å². The highest BCUT2D eigenvalue weighted by Gasteiger charge is 2.36. The zero-order valence-electron chi connectivity index (χ0n) is 14.7. The fourth-order valence-electron chi connectivity index (χ4n) is 1.55. The Bertz CT molecular complexity index is 242. The molecule has 0 aromatic rings. The normalized spacial score (nSPS) is 12.9. The Morgan fingerprint density at radius 3 is 1.86 bits per heavy atom. The molecule has 0 radical (unpaired) electrons. The van der Waals surface area contributed by atoms with Gasteiger partial charge in [0.05, 0.1) is 26.4 Å². The molecule has 0 aromatic heterocycles. The van der Waals surface area contributed by atoms with Crippen molar-refractivity contribution in [3.63, 3.8) is 0 Å². The second kappa shape index (κ2) is 11.9. The van der Waals surface area contributed by atoms with E-state index in [9.17, 15) is 0 Å². The fourth-order valence-corrected chi connectivity index (χ4v) is 2.76. The van der Waals surface area contributed by atoms with Gasteiger partial charge in [-0.3, -0.25) is 0 Å². The molecule has 0 N–H and O–H groups in total. The minimum Gasteiger partial charge on any atom is -0.414 e. The number of unbranched alkanes of at least 4 members (excludes halogenated alkanes) is 3. The SMILES string of the molecule is CC(C)(C)[Si](C)(C)OCCOCCOCCCCCCCl. The van der Waals surface area contributed by atoms with Gasteiger partial charge in [0.25, 0.3) is 0 Å². The molecule has 0 saturated carbocycles. The number of hydrogen-bond acceptors (Lipinski definition) is 3. The van der Waals surface area contributed by atoms with Crippen molar-refractivity contribution in [2.45, 2.75) is 64.6 Å². The summed E-state index contributed by atoms with van der Waals surface area (Å²) in [5.41, 5.74) is 0. The Morgan fingerprint density at radius 1 is 0.762 bits per heavy atom. The molecule has 128 valence electrons. The van der Waals surface area contributed by atoms with Crippen molar-refractivity contribution in [3.05, 3.63) is 0 Å². The van der Waals surface area contributed by atoms with Crippen molar-refractivity contribution in [3.8, 4) is 0 Å². The lowest BCUT2D eigenvalue weighted by Crippen LogP contribution is -2.41. The standard InChI is InChI=1S/C16H35ClO3Si/c1-16(2,3)21(4,5)20-15-14-19-13-12-18-11-9-7-6-8-10-17/h6-15H2,1-5H3. The molecule has 0 aliphatic rings. The van der Waals surface area contributed by atoms with Gasteiger partial charge in [-0.2, -0.15) is 0 Å². The molecule has 0 aliphatic heterocycles. The Labute approximate surface area is 137 Å². The minimum absolute atomic E-state index is 0.263. The second-order valence-corrected chi connectivity index (χ2v) is 12.1. The van der Waals surface area contributed by atoms with Gasteiger partial charge in [-0.1, -0.05) is 33.6 Å². The van der Waals surface area contributed by atoms with Crippen LogP contribution in [0.15, 0.2) is 0 Å². The van der Waals surface area contributed by atoms with Crippen molar-refractivity contribution in [2.75, 3.05) is 38.9 Å². The summed E-state index contributed by atoms with van der Waals surface area (Å²) in [5, 5.41) is 0.263. The minimum atomic E-state index is -1.62. The monoisotopic (exact) mass is 338 g/mol. The average molecular weight is 339 g/mol. The van der Waals surface area contributed by atoms with Crippen LogP contribution in [-0.2, 0) is 13.9 Å².